The molecule has 2 aromatic rings. The topological polar surface area (TPSA) is 128 Å². The zero-order chi connectivity index (χ0) is 24.7. The average Bonchev–Trinajstić information content (AvgIpc) is 2.80. The highest BCUT2D eigenvalue weighted by atomic mass is 19.1. The van der Waals surface area contributed by atoms with Gasteiger partial charge in [0.2, 0.25) is 0 Å². The van der Waals surface area contributed by atoms with Gasteiger partial charge in [0.1, 0.15) is 18.0 Å². The van der Waals surface area contributed by atoms with Crippen LogP contribution in [0.3, 0.4) is 0 Å². The van der Waals surface area contributed by atoms with Gasteiger partial charge >= 0.3 is 0 Å². The summed E-state index contributed by atoms with van der Waals surface area (Å²) in [6.45, 7) is 4.23. The summed E-state index contributed by atoms with van der Waals surface area (Å²) in [6, 6.07) is 6.25. The molecule has 0 aliphatic carbocycles. The molecule has 0 atom stereocenters. The predicted octanol–water partition coefficient (Wildman–Crippen LogP) is 2.94. The molecule has 6 N–H and O–H groups in total. The second kappa shape index (κ2) is 11.1. The molecule has 180 valence electrons. The summed E-state index contributed by atoms with van der Waals surface area (Å²) in [5, 5.41) is 31.6. The Hall–Kier alpha value is -3.45. The van der Waals surface area contributed by atoms with Gasteiger partial charge in [0.25, 0.3) is 0 Å². The van der Waals surface area contributed by atoms with Crippen molar-refractivity contribution in [2.24, 2.45) is 0 Å². The second-order valence-corrected chi connectivity index (χ2v) is 8.65. The Bertz CT molecular complexity index is 1110. The van der Waals surface area contributed by atoms with Crippen LogP contribution in [0.5, 0.6) is 5.75 Å². The third-order valence-corrected chi connectivity index (χ3v) is 5.26. The molecular formula is C25H30FN5O3. The van der Waals surface area contributed by atoms with Gasteiger partial charge in [-0.2, -0.15) is 5.06 Å². The third-order valence-electron chi connectivity index (χ3n) is 5.26. The number of aromatic nitrogens is 1. The van der Waals surface area contributed by atoms with Crippen molar-refractivity contribution in [3.8, 4) is 17.6 Å². The molecule has 1 aliphatic heterocycles. The van der Waals surface area contributed by atoms with Gasteiger partial charge in [0.15, 0.2) is 11.6 Å². The third kappa shape index (κ3) is 7.28. The van der Waals surface area contributed by atoms with E-state index in [4.69, 9.17) is 15.9 Å². The number of rotatable bonds is 7. The first-order valence-corrected chi connectivity index (χ1v) is 11.0. The summed E-state index contributed by atoms with van der Waals surface area (Å²) in [5.74, 6) is 5.49. The largest absolute Gasteiger partial charge is 0.485 e. The lowest BCUT2D eigenvalue weighted by molar-refractivity contribution is -0.107. The van der Waals surface area contributed by atoms with Gasteiger partial charge < -0.3 is 31.5 Å². The first-order valence-electron chi connectivity index (χ1n) is 11.0. The fourth-order valence-electron chi connectivity index (χ4n) is 3.32. The van der Waals surface area contributed by atoms with Gasteiger partial charge in [-0.05, 0) is 51.0 Å². The number of pyridine rings is 1. The highest BCUT2D eigenvalue weighted by molar-refractivity contribution is 6.08. The molecule has 34 heavy (non-hydrogen) atoms. The van der Waals surface area contributed by atoms with Crippen LogP contribution in [0.25, 0.3) is 5.57 Å². The number of anilines is 1. The van der Waals surface area contributed by atoms with Crippen LogP contribution in [0, 0.1) is 23.1 Å². The van der Waals surface area contributed by atoms with Crippen molar-refractivity contribution >= 4 is 17.6 Å². The number of hydrogen-bond acceptors (Lipinski definition) is 8. The Morgan fingerprint density at radius 3 is 2.79 bits per heavy atom. The van der Waals surface area contributed by atoms with Crippen molar-refractivity contribution in [1.29, 1.82) is 5.41 Å². The minimum atomic E-state index is -1.16. The molecule has 1 aromatic heterocycles. The number of ether oxygens (including phenoxy) is 1. The van der Waals surface area contributed by atoms with E-state index in [-0.39, 0.29) is 29.8 Å². The van der Waals surface area contributed by atoms with E-state index in [0.29, 0.717) is 29.8 Å². The smallest absolute Gasteiger partial charge is 0.166 e. The number of nitrogens with zero attached hydrogens (tertiary/aromatic N) is 2. The average molecular weight is 468 g/mol. The number of piperidine rings is 1. The zero-order valence-electron chi connectivity index (χ0n) is 19.3. The van der Waals surface area contributed by atoms with Crippen LogP contribution >= 0.6 is 0 Å². The Morgan fingerprint density at radius 1 is 1.38 bits per heavy atom. The van der Waals surface area contributed by atoms with E-state index in [9.17, 15) is 14.7 Å². The molecule has 0 unspecified atom stereocenters. The quantitative estimate of drug-likeness (QED) is 0.313. The first-order chi connectivity index (χ1) is 16.1. The number of aliphatic hydroxyl groups is 1. The van der Waals surface area contributed by atoms with Crippen molar-refractivity contribution in [3.63, 3.8) is 0 Å². The summed E-state index contributed by atoms with van der Waals surface area (Å²) in [7, 11) is 0. The summed E-state index contributed by atoms with van der Waals surface area (Å²) >= 11 is 0. The van der Waals surface area contributed by atoms with Crippen molar-refractivity contribution in [2.45, 2.75) is 44.9 Å². The van der Waals surface area contributed by atoms with Crippen LogP contribution in [-0.2, 0) is 6.61 Å². The molecule has 0 spiro atoms. The van der Waals surface area contributed by atoms with Gasteiger partial charge in [-0.1, -0.05) is 11.8 Å². The Balaban J connectivity index is 1.73. The number of hydroxylamine groups is 2. The summed E-state index contributed by atoms with van der Waals surface area (Å²) < 4.78 is 20.1. The molecule has 1 aromatic carbocycles. The summed E-state index contributed by atoms with van der Waals surface area (Å²) in [5.41, 5.74) is 6.84. The van der Waals surface area contributed by atoms with Crippen LogP contribution in [0.15, 0.2) is 36.7 Å². The van der Waals surface area contributed by atoms with Crippen LogP contribution in [0.4, 0.5) is 10.2 Å². The normalized spacial score (nSPS) is 15.4. The molecule has 1 saturated heterocycles. The number of hydrogen-bond donors (Lipinski definition) is 5. The Morgan fingerprint density at radius 2 is 2.12 bits per heavy atom. The van der Waals surface area contributed by atoms with Gasteiger partial charge in [-0.15, -0.1) is 0 Å². The molecule has 1 aliphatic rings. The van der Waals surface area contributed by atoms with E-state index in [2.05, 4.69) is 22.1 Å². The number of nitrogens with two attached hydrogens (primary N) is 1. The van der Waals surface area contributed by atoms with Crippen molar-refractivity contribution in [2.75, 3.05) is 18.8 Å². The SMILES string of the molecule is CC(C)(O)C#Cc1ccc(F)c(COc2cc(/C(C=N)=C/NC3CCN(O)CC3)cnc2N)c1. The fraction of sp³-hybridized carbons (Fsp3) is 0.360. The van der Waals surface area contributed by atoms with Crippen molar-refractivity contribution in [3.05, 3.63) is 59.2 Å². The molecule has 1 fully saturated rings. The zero-order valence-corrected chi connectivity index (χ0v) is 19.3. The highest BCUT2D eigenvalue weighted by Crippen LogP contribution is 2.25. The Labute approximate surface area is 198 Å². The van der Waals surface area contributed by atoms with E-state index >= 15 is 0 Å². The molecule has 8 nitrogen and oxygen atoms in total. The maximum atomic E-state index is 14.3. The molecule has 3 rings (SSSR count). The van der Waals surface area contributed by atoms with Crippen LogP contribution in [-0.4, -0.2) is 51.3 Å². The van der Waals surface area contributed by atoms with Gasteiger partial charge in [-0.25, -0.2) is 9.37 Å². The maximum Gasteiger partial charge on any atom is 0.166 e. The molecule has 2 heterocycles. The minimum Gasteiger partial charge on any atom is -0.485 e. The van der Waals surface area contributed by atoms with Crippen molar-refractivity contribution in [1.82, 2.24) is 15.4 Å². The number of allylic oxidation sites excluding steroid dienone is 1. The number of halogens is 1. The first kappa shape index (κ1) is 25.2. The van der Waals surface area contributed by atoms with E-state index < -0.39 is 11.4 Å². The maximum absolute atomic E-state index is 14.3. The minimum absolute atomic E-state index is 0.0964. The molecule has 9 heteroatoms. The van der Waals surface area contributed by atoms with Crippen molar-refractivity contribution < 1.29 is 19.4 Å². The lowest BCUT2D eigenvalue weighted by atomic mass is 10.1. The molecule has 0 amide bonds. The molecule has 0 bridgehead atoms. The van der Waals surface area contributed by atoms with Crippen LogP contribution < -0.4 is 15.8 Å². The van der Waals surface area contributed by atoms with E-state index in [1.54, 1.807) is 38.4 Å². The molecule has 0 saturated carbocycles. The van der Waals surface area contributed by atoms with Crippen LogP contribution in [0.2, 0.25) is 0 Å². The van der Waals surface area contributed by atoms with Gasteiger partial charge in [0, 0.05) is 60.0 Å². The fourth-order valence-corrected chi connectivity index (χ4v) is 3.32. The second-order valence-electron chi connectivity index (χ2n) is 8.65. The number of nitrogens with one attached hydrogen (secondary N) is 2. The highest BCUT2D eigenvalue weighted by Gasteiger charge is 2.17. The lowest BCUT2D eigenvalue weighted by Gasteiger charge is -2.27. The predicted molar refractivity (Wildman–Crippen MR) is 129 cm³/mol. The van der Waals surface area contributed by atoms with E-state index in [1.165, 1.54) is 23.4 Å². The standard InChI is InChI=1S/C25H30FN5O3/c1-25(2,32)8-5-17-3-4-22(26)19(11-17)16-34-23-12-18(14-30-24(23)28)20(13-27)15-29-21-6-9-31(33)10-7-21/h3-4,11-15,21,27,29,32-33H,6-7,9-10,16H2,1-2H3,(H2,28,30)/b20-15+,27-13?. The van der Waals surface area contributed by atoms with E-state index in [0.717, 1.165) is 12.8 Å². The Kier molecular flexibility index (Phi) is 8.23. The van der Waals surface area contributed by atoms with Crippen LogP contribution in [0.1, 0.15) is 43.4 Å². The number of benzene rings is 1. The van der Waals surface area contributed by atoms with E-state index in [1.807, 2.05) is 0 Å². The summed E-state index contributed by atoms with van der Waals surface area (Å²) in [6.07, 6.45) is 6.07. The van der Waals surface area contributed by atoms with Gasteiger partial charge in [0.05, 0.1) is 0 Å². The van der Waals surface area contributed by atoms with Gasteiger partial charge in [-0.3, -0.25) is 0 Å². The molecular weight excluding hydrogens is 437 g/mol. The summed E-state index contributed by atoms with van der Waals surface area (Å²) in [4.78, 5) is 4.16. The lowest BCUT2D eigenvalue weighted by Crippen LogP contribution is -2.39. The molecule has 0 radical (unpaired) electrons. The monoisotopic (exact) mass is 467 g/mol. The number of nitrogen functional groups attached to an aromatic ring is 1.